The van der Waals surface area contributed by atoms with Crippen LogP contribution in [-0.2, 0) is 9.59 Å². The monoisotopic (exact) mass is 351 g/mol. The minimum absolute atomic E-state index is 0.0316. The number of nitrogens with one attached hydrogen (secondary N) is 1. The van der Waals surface area contributed by atoms with Crippen molar-refractivity contribution >= 4 is 28.7 Å². The maximum Gasteiger partial charge on any atom is 0.296 e. The summed E-state index contributed by atoms with van der Waals surface area (Å²) in [5, 5.41) is 10.4. The van der Waals surface area contributed by atoms with Crippen molar-refractivity contribution in [2.75, 3.05) is 4.90 Å². The molecule has 1 aliphatic rings. The summed E-state index contributed by atoms with van der Waals surface area (Å²) in [5.74, 6) is -0.918. The van der Waals surface area contributed by atoms with Crippen LogP contribution in [0.25, 0.3) is 11.0 Å². The van der Waals surface area contributed by atoms with Crippen molar-refractivity contribution in [3.8, 4) is 0 Å². The number of rotatable bonds is 4. The van der Waals surface area contributed by atoms with Gasteiger partial charge in [-0.05, 0) is 36.8 Å². The van der Waals surface area contributed by atoms with Gasteiger partial charge >= 0.3 is 0 Å². The number of carbonyl (C=O) groups excluding carboxylic acids is 2. The lowest BCUT2D eigenvalue weighted by Crippen LogP contribution is -2.31. The van der Waals surface area contributed by atoms with Gasteiger partial charge in [0.15, 0.2) is 11.5 Å². The van der Waals surface area contributed by atoms with E-state index in [0.29, 0.717) is 11.3 Å². The summed E-state index contributed by atoms with van der Waals surface area (Å²) in [7, 11) is 0. The Kier molecular flexibility index (Phi) is 3.64. The van der Waals surface area contributed by atoms with Gasteiger partial charge in [0.2, 0.25) is 5.95 Å². The quantitative estimate of drug-likeness (QED) is 0.751. The van der Waals surface area contributed by atoms with Gasteiger partial charge < -0.3 is 14.5 Å². The molecule has 0 saturated heterocycles. The van der Waals surface area contributed by atoms with E-state index in [1.807, 2.05) is 25.1 Å². The fourth-order valence-electron chi connectivity index (χ4n) is 3.24. The lowest BCUT2D eigenvalue weighted by atomic mass is 10.00. The van der Waals surface area contributed by atoms with E-state index >= 15 is 0 Å². The van der Waals surface area contributed by atoms with Crippen molar-refractivity contribution in [1.29, 1.82) is 0 Å². The van der Waals surface area contributed by atoms with E-state index in [-0.39, 0.29) is 23.7 Å². The SMILES string of the molecule is CCC(=O)C1=C(O)C(=O)N(c2nc3ccc(C)cc3[nH]2)C1c1ccco1. The topological polar surface area (TPSA) is 99.4 Å². The van der Waals surface area contributed by atoms with Crippen molar-refractivity contribution < 1.29 is 19.1 Å². The molecule has 26 heavy (non-hydrogen) atoms. The first-order valence-corrected chi connectivity index (χ1v) is 8.31. The number of fused-ring (bicyclic) bond motifs is 1. The van der Waals surface area contributed by atoms with Gasteiger partial charge in [-0.2, -0.15) is 0 Å². The standard InChI is InChI=1S/C19H17N3O4/c1-3-13(23)15-16(14-5-4-8-26-14)22(18(25)17(15)24)19-20-11-7-6-10(2)9-12(11)21-19/h4-9,16,24H,3H2,1-2H3,(H,20,21). The lowest BCUT2D eigenvalue weighted by Gasteiger charge is -2.22. The van der Waals surface area contributed by atoms with Gasteiger partial charge in [-0.25, -0.2) is 4.98 Å². The average Bonchev–Trinajstić information content (AvgIpc) is 3.33. The molecule has 7 heteroatoms. The summed E-state index contributed by atoms with van der Waals surface area (Å²) >= 11 is 0. The molecule has 1 atom stereocenters. The number of furan rings is 1. The van der Waals surface area contributed by atoms with Crippen molar-refractivity contribution in [2.24, 2.45) is 0 Å². The zero-order valence-electron chi connectivity index (χ0n) is 14.3. The average molecular weight is 351 g/mol. The fourth-order valence-corrected chi connectivity index (χ4v) is 3.24. The zero-order chi connectivity index (χ0) is 18.4. The van der Waals surface area contributed by atoms with Crippen LogP contribution in [0.2, 0.25) is 0 Å². The molecular formula is C19H17N3O4. The molecule has 0 spiro atoms. The largest absolute Gasteiger partial charge is 0.503 e. The van der Waals surface area contributed by atoms with Gasteiger partial charge in [-0.3, -0.25) is 14.5 Å². The number of amides is 1. The highest BCUT2D eigenvalue weighted by molar-refractivity contribution is 6.16. The summed E-state index contributed by atoms with van der Waals surface area (Å²) in [5.41, 5.74) is 2.53. The highest BCUT2D eigenvalue weighted by Crippen LogP contribution is 2.40. The molecule has 7 nitrogen and oxygen atoms in total. The number of ketones is 1. The Morgan fingerprint density at radius 2 is 2.19 bits per heavy atom. The third-order valence-electron chi connectivity index (χ3n) is 4.50. The molecule has 132 valence electrons. The van der Waals surface area contributed by atoms with Gasteiger partial charge in [-0.15, -0.1) is 0 Å². The van der Waals surface area contributed by atoms with Crippen molar-refractivity contribution in [3.63, 3.8) is 0 Å². The molecule has 4 rings (SSSR count). The molecule has 1 aromatic carbocycles. The molecule has 1 unspecified atom stereocenters. The fraction of sp³-hybridized carbons (Fsp3) is 0.211. The Morgan fingerprint density at radius 3 is 2.88 bits per heavy atom. The van der Waals surface area contributed by atoms with E-state index in [4.69, 9.17) is 4.42 Å². The third-order valence-corrected chi connectivity index (χ3v) is 4.50. The molecule has 2 N–H and O–H groups in total. The normalized spacial score (nSPS) is 17.5. The summed E-state index contributed by atoms with van der Waals surface area (Å²) in [4.78, 5) is 34.0. The molecule has 0 saturated carbocycles. The Hall–Kier alpha value is -3.35. The van der Waals surface area contributed by atoms with E-state index in [0.717, 1.165) is 11.1 Å². The number of aliphatic hydroxyl groups is 1. The lowest BCUT2D eigenvalue weighted by molar-refractivity contribution is -0.118. The van der Waals surface area contributed by atoms with Crippen LogP contribution in [0.4, 0.5) is 5.95 Å². The summed E-state index contributed by atoms with van der Waals surface area (Å²) in [6.07, 6.45) is 1.63. The maximum atomic E-state index is 12.8. The second-order valence-electron chi connectivity index (χ2n) is 6.21. The van der Waals surface area contributed by atoms with E-state index in [9.17, 15) is 14.7 Å². The predicted octanol–water partition coefficient (Wildman–Crippen LogP) is 3.34. The summed E-state index contributed by atoms with van der Waals surface area (Å²) < 4.78 is 5.45. The van der Waals surface area contributed by atoms with Crippen LogP contribution in [0.5, 0.6) is 0 Å². The van der Waals surface area contributed by atoms with E-state index < -0.39 is 17.7 Å². The van der Waals surface area contributed by atoms with Crippen LogP contribution in [0, 0.1) is 6.92 Å². The van der Waals surface area contributed by atoms with Crippen molar-refractivity contribution in [2.45, 2.75) is 26.3 Å². The second kappa shape index (κ2) is 5.87. The number of nitrogens with zero attached hydrogens (tertiary/aromatic N) is 2. The molecule has 3 heterocycles. The van der Waals surface area contributed by atoms with Crippen LogP contribution < -0.4 is 4.90 Å². The Bertz CT molecular complexity index is 1050. The first kappa shape index (κ1) is 16.1. The number of benzene rings is 1. The van der Waals surface area contributed by atoms with Gasteiger partial charge in [0.05, 0.1) is 22.9 Å². The molecule has 3 aromatic rings. The minimum Gasteiger partial charge on any atom is -0.503 e. The van der Waals surface area contributed by atoms with Gasteiger partial charge in [0.1, 0.15) is 11.8 Å². The molecule has 0 radical (unpaired) electrons. The van der Waals surface area contributed by atoms with Crippen LogP contribution >= 0.6 is 0 Å². The Labute approximate surface area is 148 Å². The van der Waals surface area contributed by atoms with Gasteiger partial charge in [0, 0.05) is 6.42 Å². The molecule has 2 aromatic heterocycles. The molecule has 1 amide bonds. The number of hydrogen-bond acceptors (Lipinski definition) is 5. The highest BCUT2D eigenvalue weighted by atomic mass is 16.3. The Morgan fingerprint density at radius 1 is 1.38 bits per heavy atom. The van der Waals surface area contributed by atoms with Crippen molar-refractivity contribution in [1.82, 2.24) is 9.97 Å². The number of aliphatic hydroxyl groups excluding tert-OH is 1. The van der Waals surface area contributed by atoms with Crippen LogP contribution in [0.1, 0.15) is 30.7 Å². The third kappa shape index (κ3) is 2.32. The van der Waals surface area contributed by atoms with Crippen LogP contribution in [-0.4, -0.2) is 26.8 Å². The number of Topliss-reactive ketones (excluding diaryl/α,β-unsaturated/α-hetero) is 1. The first-order valence-electron chi connectivity index (χ1n) is 8.31. The Balaban J connectivity index is 1.88. The number of carbonyl (C=O) groups is 2. The summed E-state index contributed by atoms with van der Waals surface area (Å²) in [6, 6.07) is 8.16. The molecule has 0 fully saturated rings. The predicted molar refractivity (Wildman–Crippen MR) is 94.7 cm³/mol. The zero-order valence-corrected chi connectivity index (χ0v) is 14.3. The van der Waals surface area contributed by atoms with Crippen molar-refractivity contribution in [3.05, 3.63) is 59.3 Å². The smallest absolute Gasteiger partial charge is 0.296 e. The van der Waals surface area contributed by atoms with E-state index in [1.54, 1.807) is 19.1 Å². The highest BCUT2D eigenvalue weighted by Gasteiger charge is 2.46. The minimum atomic E-state index is -0.855. The van der Waals surface area contributed by atoms with Gasteiger partial charge in [-0.1, -0.05) is 13.0 Å². The number of H-pyrrole nitrogens is 1. The number of aryl methyl sites for hydroxylation is 1. The number of aromatic nitrogens is 2. The molecule has 0 bridgehead atoms. The summed E-state index contributed by atoms with van der Waals surface area (Å²) in [6.45, 7) is 3.64. The maximum absolute atomic E-state index is 12.8. The first-order chi connectivity index (χ1) is 12.5. The van der Waals surface area contributed by atoms with E-state index in [1.165, 1.54) is 11.2 Å². The number of aromatic amines is 1. The molecular weight excluding hydrogens is 334 g/mol. The van der Waals surface area contributed by atoms with Crippen LogP contribution in [0.15, 0.2) is 52.3 Å². The van der Waals surface area contributed by atoms with Crippen LogP contribution in [0.3, 0.4) is 0 Å². The molecule has 1 aliphatic heterocycles. The number of imidazole rings is 1. The molecule has 0 aliphatic carbocycles. The number of hydrogen-bond donors (Lipinski definition) is 2. The number of anilines is 1. The van der Waals surface area contributed by atoms with Gasteiger partial charge in [0.25, 0.3) is 5.91 Å². The van der Waals surface area contributed by atoms with E-state index in [2.05, 4.69) is 9.97 Å². The second-order valence-corrected chi connectivity index (χ2v) is 6.21.